The molecule has 0 aliphatic heterocycles. The van der Waals surface area contributed by atoms with Crippen LogP contribution in [-0.2, 0) is 20.8 Å². The number of hydrogen-bond donors (Lipinski definition) is 0. The molecule has 0 spiro atoms. The van der Waals surface area contributed by atoms with Gasteiger partial charge in [0.2, 0.25) is 0 Å². The van der Waals surface area contributed by atoms with Crippen LogP contribution in [0.3, 0.4) is 0 Å². The molecule has 0 atom stereocenters. The second kappa shape index (κ2) is 16.5. The van der Waals surface area contributed by atoms with Crippen molar-refractivity contribution in [2.75, 3.05) is 0 Å². The van der Waals surface area contributed by atoms with Crippen molar-refractivity contribution >= 4 is 32.5 Å². The van der Waals surface area contributed by atoms with Gasteiger partial charge in [-0.25, -0.2) is 11.8 Å². The summed E-state index contributed by atoms with van der Waals surface area (Å²) in [5.74, 6) is 12.3. The minimum absolute atomic E-state index is 0.500. The number of hydrogen-bond acceptors (Lipinski definition) is 0. The first kappa shape index (κ1) is 26.2. The number of rotatable bonds is 0. The molecule has 0 aromatic rings. The van der Waals surface area contributed by atoms with E-state index in [0.717, 1.165) is 0 Å². The van der Waals surface area contributed by atoms with Gasteiger partial charge in [-0.3, -0.25) is 0 Å². The van der Waals surface area contributed by atoms with Crippen LogP contribution < -0.4 is 0 Å². The van der Waals surface area contributed by atoms with Crippen molar-refractivity contribution in [3.63, 3.8) is 0 Å². The molecule has 0 heterocycles. The van der Waals surface area contributed by atoms with E-state index in [1.165, 1.54) is 35.5 Å². The van der Waals surface area contributed by atoms with Crippen LogP contribution in [-0.4, -0.2) is 15.4 Å². The van der Waals surface area contributed by atoms with Gasteiger partial charge < -0.3 is 12.8 Å². The van der Waals surface area contributed by atoms with Crippen molar-refractivity contribution in [3.05, 3.63) is 61.2 Å². The van der Waals surface area contributed by atoms with Crippen LogP contribution in [0.4, 0.5) is 0 Å². The molecule has 2 fully saturated rings. The van der Waals surface area contributed by atoms with E-state index in [2.05, 4.69) is 78.7 Å². The Morgan fingerprint density at radius 3 is 1.05 bits per heavy atom. The Hall–Kier alpha value is 2.01. The minimum atomic E-state index is -0.826. The average Bonchev–Trinajstić information content (AvgIpc) is 2.83. The quantitative estimate of drug-likeness (QED) is 0.284. The van der Waals surface area contributed by atoms with Crippen LogP contribution in [0, 0.1) is 61.2 Å². The topological polar surface area (TPSA) is 0 Å². The van der Waals surface area contributed by atoms with Gasteiger partial charge in [-0.2, -0.15) is 11.8 Å². The van der Waals surface area contributed by atoms with Gasteiger partial charge in [0.25, 0.3) is 0 Å². The molecule has 0 nitrogen and oxygen atoms in total. The fourth-order valence-corrected chi connectivity index (χ4v) is 1.73. The molecule has 2 aliphatic carbocycles. The predicted molar refractivity (Wildman–Crippen MR) is 97.8 cm³/mol. The normalized spacial score (nSPS) is 21.2. The van der Waals surface area contributed by atoms with Crippen molar-refractivity contribution in [1.82, 2.24) is 0 Å². The van der Waals surface area contributed by atoms with Crippen LogP contribution in [0.2, 0.25) is 11.5 Å². The third-order valence-corrected chi connectivity index (χ3v) is 2.82. The molecule has 0 bridgehead atoms. The molecule has 0 N–H and O–H groups in total. The Bertz CT molecular complexity index is 197. The summed E-state index contributed by atoms with van der Waals surface area (Å²) < 4.78 is 0. The van der Waals surface area contributed by atoms with Gasteiger partial charge in [0, 0.05) is 0 Å². The summed E-state index contributed by atoms with van der Waals surface area (Å²) >= 11 is -0.326. The standard InChI is InChI=1S/2C8H10.C2H6Ge.2ClH.Zr/c2*1-6-4-7(2)8(3)5-6;1-3-2;;;/h2*4H,1-3H3;1-2H3;2*1H;/q2*-1;;;;+4/p-2. The molecule has 12 radical (unpaired) electrons. The van der Waals surface area contributed by atoms with Gasteiger partial charge in [-0.15, -0.1) is 0 Å². The van der Waals surface area contributed by atoms with Gasteiger partial charge in [-0.1, -0.05) is 66.2 Å². The Labute approximate surface area is 166 Å². The van der Waals surface area contributed by atoms with Crippen LogP contribution in [0.1, 0.15) is 41.5 Å². The molecule has 4 heteroatoms. The van der Waals surface area contributed by atoms with Crippen LogP contribution >= 0.6 is 17.0 Å². The molecule has 2 rings (SSSR count). The Kier molecular flexibility index (Phi) is 19.6. The third kappa shape index (κ3) is 14.4. The molecule has 0 saturated heterocycles. The SMILES string of the molecule is C[C]1[C-][C](C)[C](C)[CH]1.C[C]1[C-][C](C)[C](C)[CH]1.[CH3][Ge][CH3].[Cl][Zr+2][Cl]. The van der Waals surface area contributed by atoms with E-state index in [4.69, 9.17) is 17.0 Å². The maximum absolute atomic E-state index is 4.93. The van der Waals surface area contributed by atoms with Crippen molar-refractivity contribution in [2.24, 2.45) is 0 Å². The third-order valence-electron chi connectivity index (χ3n) is 2.82. The second-order valence-corrected chi connectivity index (χ2v) is 10.9. The Morgan fingerprint density at radius 2 is 1.00 bits per heavy atom. The summed E-state index contributed by atoms with van der Waals surface area (Å²) in [6.07, 6.45) is 10.7. The van der Waals surface area contributed by atoms with E-state index in [9.17, 15) is 0 Å². The zero-order chi connectivity index (χ0) is 17.7. The summed E-state index contributed by atoms with van der Waals surface area (Å²) in [7, 11) is 9.87. The molecule has 0 aromatic carbocycles. The molecular formula is C18H26Cl2GeZr. The van der Waals surface area contributed by atoms with Crippen LogP contribution in [0.15, 0.2) is 0 Å². The predicted octanol–water partition coefficient (Wildman–Crippen LogP) is 6.30. The molecular weight excluding hydrogens is 451 g/mol. The second-order valence-electron chi connectivity index (χ2n) is 5.09. The van der Waals surface area contributed by atoms with Crippen molar-refractivity contribution < 1.29 is 20.8 Å². The zero-order valence-corrected chi connectivity index (χ0v) is 21.0. The molecule has 0 unspecified atom stereocenters. The van der Waals surface area contributed by atoms with E-state index in [0.29, 0.717) is 15.4 Å². The van der Waals surface area contributed by atoms with Gasteiger partial charge in [0.15, 0.2) is 0 Å². The van der Waals surface area contributed by atoms with E-state index in [1.807, 2.05) is 0 Å². The molecule has 2 saturated carbocycles. The van der Waals surface area contributed by atoms with Gasteiger partial charge in [0.1, 0.15) is 0 Å². The summed E-state index contributed by atoms with van der Waals surface area (Å²) in [4.78, 5) is 0. The summed E-state index contributed by atoms with van der Waals surface area (Å²) in [5, 5.41) is 0. The summed E-state index contributed by atoms with van der Waals surface area (Å²) in [5.41, 5.74) is 0. The Balaban J connectivity index is 0. The average molecular weight is 477 g/mol. The van der Waals surface area contributed by atoms with Crippen LogP contribution in [0.25, 0.3) is 0 Å². The first-order valence-electron chi connectivity index (χ1n) is 7.03. The monoisotopic (exact) mass is 476 g/mol. The van der Waals surface area contributed by atoms with Gasteiger partial charge in [0.05, 0.1) is 0 Å². The van der Waals surface area contributed by atoms with Gasteiger partial charge >= 0.3 is 64.8 Å². The van der Waals surface area contributed by atoms with Gasteiger partial charge in [-0.05, 0) is 0 Å². The first-order valence-corrected chi connectivity index (χ1v) is 17.6. The van der Waals surface area contributed by atoms with E-state index in [-0.39, 0.29) is 0 Å². The molecule has 2 aliphatic rings. The molecule has 22 heavy (non-hydrogen) atoms. The molecule has 120 valence electrons. The summed E-state index contributed by atoms with van der Waals surface area (Å²) in [6, 6.07) is 0. The molecule has 0 aromatic heterocycles. The van der Waals surface area contributed by atoms with Crippen LogP contribution in [0.5, 0.6) is 0 Å². The zero-order valence-electron chi connectivity index (χ0n) is 14.9. The summed E-state index contributed by atoms with van der Waals surface area (Å²) in [6.45, 7) is 12.5. The van der Waals surface area contributed by atoms with E-state index in [1.54, 1.807) is 0 Å². The number of halogens is 2. The van der Waals surface area contributed by atoms with Crippen molar-refractivity contribution in [2.45, 2.75) is 53.1 Å². The van der Waals surface area contributed by atoms with E-state index < -0.39 is 20.8 Å². The van der Waals surface area contributed by atoms with Crippen molar-refractivity contribution in [3.8, 4) is 0 Å². The molecule has 0 amide bonds. The Morgan fingerprint density at radius 1 is 0.773 bits per heavy atom. The maximum atomic E-state index is 4.93. The fourth-order valence-electron chi connectivity index (χ4n) is 1.73. The first-order chi connectivity index (χ1) is 10.2. The van der Waals surface area contributed by atoms with Crippen molar-refractivity contribution in [1.29, 1.82) is 0 Å². The fraction of sp³-hybridized carbons (Fsp3) is 0.444. The van der Waals surface area contributed by atoms with E-state index >= 15 is 0 Å².